The maximum Gasteiger partial charge on any atom is 0.387 e. The Bertz CT molecular complexity index is 302. The fourth-order valence-electron chi connectivity index (χ4n) is 0.853. The fraction of sp³-hybridized carbons (Fsp3) is 0.125. The van der Waals surface area contributed by atoms with Crippen LogP contribution in [0.3, 0.4) is 0 Å². The number of halogens is 2. The average Bonchev–Trinajstić information content (AvgIpc) is 2.08. The summed E-state index contributed by atoms with van der Waals surface area (Å²) in [5.41, 5.74) is 0.297. The third kappa shape index (κ3) is 2.70. The summed E-state index contributed by atoms with van der Waals surface area (Å²) in [4.78, 5) is 0. The van der Waals surface area contributed by atoms with Gasteiger partial charge in [-0.05, 0) is 12.1 Å². The Labute approximate surface area is 73.2 Å². The molecule has 0 atom stereocenters. The van der Waals surface area contributed by atoms with Crippen molar-refractivity contribution in [2.45, 2.75) is 6.61 Å². The van der Waals surface area contributed by atoms with Crippen LogP contribution in [0, 0.1) is 0 Å². The SMILES string of the molecule is ON=Cc1ccccc1OC(F)F. The summed E-state index contributed by atoms with van der Waals surface area (Å²) in [5.74, 6) is -0.0182. The van der Waals surface area contributed by atoms with Crippen molar-refractivity contribution in [2.75, 3.05) is 0 Å². The Balaban J connectivity index is 2.90. The molecule has 0 radical (unpaired) electrons. The molecule has 13 heavy (non-hydrogen) atoms. The molecule has 0 aliphatic carbocycles. The van der Waals surface area contributed by atoms with Crippen molar-refractivity contribution in [1.82, 2.24) is 0 Å². The minimum atomic E-state index is -2.88. The summed E-state index contributed by atoms with van der Waals surface area (Å²) in [6.07, 6.45) is 1.03. The molecule has 5 heteroatoms. The maximum absolute atomic E-state index is 11.8. The van der Waals surface area contributed by atoms with Gasteiger partial charge in [-0.1, -0.05) is 17.3 Å². The van der Waals surface area contributed by atoms with Gasteiger partial charge in [0.15, 0.2) is 0 Å². The normalized spacial score (nSPS) is 11.0. The number of hydrogen-bond donors (Lipinski definition) is 1. The van der Waals surface area contributed by atoms with Gasteiger partial charge in [0.2, 0.25) is 0 Å². The van der Waals surface area contributed by atoms with Crippen molar-refractivity contribution >= 4 is 6.21 Å². The highest BCUT2D eigenvalue weighted by Gasteiger charge is 2.06. The van der Waals surface area contributed by atoms with Crippen LogP contribution in [-0.4, -0.2) is 18.0 Å². The Morgan fingerprint density at radius 1 is 1.38 bits per heavy atom. The molecular weight excluding hydrogens is 180 g/mol. The van der Waals surface area contributed by atoms with E-state index in [0.717, 1.165) is 6.21 Å². The van der Waals surface area contributed by atoms with Crippen LogP contribution in [0.2, 0.25) is 0 Å². The van der Waals surface area contributed by atoms with Crippen LogP contribution in [-0.2, 0) is 0 Å². The zero-order valence-electron chi connectivity index (χ0n) is 6.52. The molecule has 0 spiro atoms. The van der Waals surface area contributed by atoms with E-state index in [2.05, 4.69) is 9.89 Å². The van der Waals surface area contributed by atoms with Gasteiger partial charge in [-0.15, -0.1) is 0 Å². The molecule has 0 bridgehead atoms. The number of hydrogen-bond acceptors (Lipinski definition) is 3. The molecule has 1 N–H and O–H groups in total. The van der Waals surface area contributed by atoms with Crippen LogP contribution in [0.15, 0.2) is 29.4 Å². The molecule has 0 aliphatic heterocycles. The first kappa shape index (κ1) is 9.44. The molecule has 3 nitrogen and oxygen atoms in total. The Morgan fingerprint density at radius 2 is 2.08 bits per heavy atom. The zero-order chi connectivity index (χ0) is 9.68. The van der Waals surface area contributed by atoms with Crippen molar-refractivity contribution in [2.24, 2.45) is 5.16 Å². The maximum atomic E-state index is 11.8. The Hall–Kier alpha value is -1.65. The highest BCUT2D eigenvalue weighted by molar-refractivity contribution is 5.82. The van der Waals surface area contributed by atoms with Crippen molar-refractivity contribution < 1.29 is 18.7 Å². The van der Waals surface area contributed by atoms with E-state index in [0.29, 0.717) is 5.56 Å². The summed E-state index contributed by atoms with van der Waals surface area (Å²) >= 11 is 0. The van der Waals surface area contributed by atoms with Gasteiger partial charge in [0.25, 0.3) is 0 Å². The first-order valence-corrected chi connectivity index (χ1v) is 3.45. The standard InChI is InChI=1S/C8H7F2NO2/c9-8(10)13-7-4-2-1-3-6(7)5-11-12/h1-5,8,12H. The van der Waals surface area contributed by atoms with E-state index in [9.17, 15) is 8.78 Å². The van der Waals surface area contributed by atoms with Gasteiger partial charge < -0.3 is 9.94 Å². The molecule has 1 rings (SSSR count). The second-order valence-corrected chi connectivity index (χ2v) is 2.16. The predicted octanol–water partition coefficient (Wildman–Crippen LogP) is 2.10. The zero-order valence-corrected chi connectivity index (χ0v) is 6.52. The van der Waals surface area contributed by atoms with Gasteiger partial charge >= 0.3 is 6.61 Å². The minimum Gasteiger partial charge on any atom is -0.434 e. The minimum absolute atomic E-state index is 0.0182. The number of rotatable bonds is 3. The lowest BCUT2D eigenvalue weighted by Crippen LogP contribution is -2.03. The number of benzene rings is 1. The molecule has 0 amide bonds. The lowest BCUT2D eigenvalue weighted by Gasteiger charge is -2.05. The van der Waals surface area contributed by atoms with E-state index in [4.69, 9.17) is 5.21 Å². The van der Waals surface area contributed by atoms with Gasteiger partial charge in [0, 0.05) is 5.56 Å². The topological polar surface area (TPSA) is 41.8 Å². The van der Waals surface area contributed by atoms with Crippen LogP contribution in [0.1, 0.15) is 5.56 Å². The first-order valence-electron chi connectivity index (χ1n) is 3.45. The van der Waals surface area contributed by atoms with Crippen LogP contribution < -0.4 is 4.74 Å². The van der Waals surface area contributed by atoms with E-state index in [1.807, 2.05) is 0 Å². The molecule has 1 aromatic carbocycles. The van der Waals surface area contributed by atoms with Crippen LogP contribution >= 0.6 is 0 Å². The van der Waals surface area contributed by atoms with Crippen molar-refractivity contribution in [3.8, 4) is 5.75 Å². The average molecular weight is 187 g/mol. The third-order valence-corrected chi connectivity index (χ3v) is 1.33. The fourth-order valence-corrected chi connectivity index (χ4v) is 0.853. The molecule has 0 saturated heterocycles. The summed E-state index contributed by atoms with van der Waals surface area (Å²) in [5, 5.41) is 10.9. The van der Waals surface area contributed by atoms with Gasteiger partial charge in [0.05, 0.1) is 6.21 Å². The monoisotopic (exact) mass is 187 g/mol. The second kappa shape index (κ2) is 4.39. The molecule has 0 aromatic heterocycles. The van der Waals surface area contributed by atoms with Crippen molar-refractivity contribution in [1.29, 1.82) is 0 Å². The van der Waals surface area contributed by atoms with E-state index in [1.54, 1.807) is 12.1 Å². The second-order valence-electron chi connectivity index (χ2n) is 2.16. The molecule has 0 saturated carbocycles. The van der Waals surface area contributed by atoms with Crippen molar-refractivity contribution in [3.05, 3.63) is 29.8 Å². The number of alkyl halides is 2. The molecule has 0 fully saturated rings. The Kier molecular flexibility index (Phi) is 3.19. The molecule has 0 aliphatic rings. The predicted molar refractivity (Wildman–Crippen MR) is 42.5 cm³/mol. The molecule has 0 unspecified atom stereocenters. The van der Waals surface area contributed by atoms with Crippen LogP contribution in [0.4, 0.5) is 8.78 Å². The van der Waals surface area contributed by atoms with Gasteiger partial charge in [-0.2, -0.15) is 8.78 Å². The smallest absolute Gasteiger partial charge is 0.387 e. The Morgan fingerprint density at radius 3 is 2.69 bits per heavy atom. The third-order valence-electron chi connectivity index (χ3n) is 1.33. The lowest BCUT2D eigenvalue weighted by atomic mass is 10.2. The van der Waals surface area contributed by atoms with E-state index in [-0.39, 0.29) is 5.75 Å². The number of ether oxygens (including phenoxy) is 1. The van der Waals surface area contributed by atoms with E-state index in [1.165, 1.54) is 12.1 Å². The first-order chi connectivity index (χ1) is 6.24. The summed E-state index contributed by atoms with van der Waals surface area (Å²) in [6, 6.07) is 6.03. The number of para-hydroxylation sites is 1. The van der Waals surface area contributed by atoms with Gasteiger partial charge in [-0.3, -0.25) is 0 Å². The summed E-state index contributed by atoms with van der Waals surface area (Å²) in [6.45, 7) is -2.88. The van der Waals surface area contributed by atoms with Crippen LogP contribution in [0.25, 0.3) is 0 Å². The largest absolute Gasteiger partial charge is 0.434 e. The highest BCUT2D eigenvalue weighted by Crippen LogP contribution is 2.17. The van der Waals surface area contributed by atoms with E-state index >= 15 is 0 Å². The summed E-state index contributed by atoms with van der Waals surface area (Å²) in [7, 11) is 0. The van der Waals surface area contributed by atoms with Gasteiger partial charge in [0.1, 0.15) is 5.75 Å². The molecular formula is C8H7F2NO2. The van der Waals surface area contributed by atoms with Crippen molar-refractivity contribution in [3.63, 3.8) is 0 Å². The molecule has 70 valence electrons. The number of oxime groups is 1. The highest BCUT2D eigenvalue weighted by atomic mass is 19.3. The van der Waals surface area contributed by atoms with E-state index < -0.39 is 6.61 Å². The number of nitrogens with zero attached hydrogens (tertiary/aromatic N) is 1. The quantitative estimate of drug-likeness (QED) is 0.447. The summed E-state index contributed by atoms with van der Waals surface area (Å²) < 4.78 is 27.8. The van der Waals surface area contributed by atoms with Gasteiger partial charge in [-0.25, -0.2) is 0 Å². The molecule has 0 heterocycles. The van der Waals surface area contributed by atoms with Crippen LogP contribution in [0.5, 0.6) is 5.75 Å². The lowest BCUT2D eigenvalue weighted by molar-refractivity contribution is -0.0499. The molecule has 1 aromatic rings.